The molecule has 11 nitrogen and oxygen atoms in total. The van der Waals surface area contributed by atoms with E-state index < -0.39 is 33.5 Å². The van der Waals surface area contributed by atoms with E-state index in [1.807, 2.05) is 0 Å². The maximum absolute atomic E-state index is 10.9. The molecule has 0 radical (unpaired) electrons. The first-order valence-electron chi connectivity index (χ1n) is 3.50. The lowest BCUT2D eigenvalue weighted by molar-refractivity contribution is -1.31. The summed E-state index contributed by atoms with van der Waals surface area (Å²) in [5.41, 5.74) is -0.286. The summed E-state index contributed by atoms with van der Waals surface area (Å²) in [7, 11) is 0. The molecule has 2 aliphatic rings. The molecule has 2 rings (SSSR count). The Bertz CT molecular complexity index is 244. The molecule has 4 atom stereocenters. The highest BCUT2D eigenvalue weighted by atomic mass is 17.3. The minimum absolute atomic E-state index is 0.286. The molecule has 2 saturated heterocycles. The lowest BCUT2D eigenvalue weighted by Gasteiger charge is -2.10. The van der Waals surface area contributed by atoms with Gasteiger partial charge in [-0.2, -0.15) is 5.23 Å². The zero-order valence-electron chi connectivity index (χ0n) is 6.56. The van der Waals surface area contributed by atoms with E-state index in [1.54, 1.807) is 0 Å². The minimum Gasteiger partial charge on any atom is -0.595 e. The fourth-order valence-electron chi connectivity index (χ4n) is 1.04. The summed E-state index contributed by atoms with van der Waals surface area (Å²) in [6.07, 6.45) is 0. The average Bonchev–Trinajstić information content (AvgIpc) is 2.55. The molecule has 2 aliphatic heterocycles. The van der Waals surface area contributed by atoms with Crippen molar-refractivity contribution in [2.75, 3.05) is 6.54 Å². The van der Waals surface area contributed by atoms with Gasteiger partial charge in [0.25, 0.3) is 0 Å². The summed E-state index contributed by atoms with van der Waals surface area (Å²) in [6, 6.07) is 0. The number of quaternary nitrogens is 4. The van der Waals surface area contributed by atoms with E-state index in [9.17, 15) is 20.8 Å². The molecule has 0 bridgehead atoms. The van der Waals surface area contributed by atoms with Crippen LogP contribution in [0.3, 0.4) is 0 Å². The van der Waals surface area contributed by atoms with Gasteiger partial charge >= 0.3 is 11.6 Å². The summed E-state index contributed by atoms with van der Waals surface area (Å²) in [5.74, 6) is -0.564. The largest absolute Gasteiger partial charge is 0.595 e. The second-order valence-corrected chi connectivity index (χ2v) is 2.49. The zero-order chi connectivity index (χ0) is 10.3. The van der Waals surface area contributed by atoms with Gasteiger partial charge in [-0.3, -0.25) is 0 Å². The molecular formula is C3H6N4O7. The molecule has 0 amide bonds. The first-order chi connectivity index (χ1) is 6.58. The van der Waals surface area contributed by atoms with Crippen LogP contribution in [0.25, 0.3) is 0 Å². The van der Waals surface area contributed by atoms with Crippen molar-refractivity contribution in [2.24, 2.45) is 0 Å². The molecule has 0 aliphatic carbocycles. The standard InChI is InChI=1S/C3H6N4O7/c8-4-1-2(5(9)13-4)3-6(10)14-7(11)12-3/h4-7H,1H2/b3-2+. The van der Waals surface area contributed by atoms with Crippen molar-refractivity contribution >= 4 is 0 Å². The molecule has 0 saturated carbocycles. The topological polar surface area (TPSA) is 138 Å². The average molecular weight is 210 g/mol. The highest BCUT2D eigenvalue weighted by Crippen LogP contribution is 1.91. The van der Waals surface area contributed by atoms with Gasteiger partial charge in [-0.25, -0.2) is 4.84 Å². The Labute approximate surface area is 75.9 Å². The van der Waals surface area contributed by atoms with Crippen molar-refractivity contribution in [1.29, 1.82) is 0 Å². The number of nitrogens with one attached hydrogen (secondary N) is 4. The van der Waals surface area contributed by atoms with E-state index in [-0.39, 0.29) is 5.70 Å². The molecule has 2 fully saturated rings. The van der Waals surface area contributed by atoms with Crippen molar-refractivity contribution in [3.8, 4) is 0 Å². The molecule has 2 heterocycles. The Morgan fingerprint density at radius 3 is 2.14 bits per heavy atom. The van der Waals surface area contributed by atoms with Gasteiger partial charge in [-0.1, -0.05) is 5.23 Å². The van der Waals surface area contributed by atoms with Crippen LogP contribution in [-0.4, -0.2) is 6.54 Å². The zero-order valence-corrected chi connectivity index (χ0v) is 6.56. The third-order valence-corrected chi connectivity index (χ3v) is 1.59. The number of rotatable bonds is 0. The summed E-state index contributed by atoms with van der Waals surface area (Å²) in [4.78, 5) is 12.4. The van der Waals surface area contributed by atoms with E-state index in [2.05, 4.69) is 14.7 Å². The maximum atomic E-state index is 10.9. The van der Waals surface area contributed by atoms with E-state index in [0.29, 0.717) is 0 Å². The van der Waals surface area contributed by atoms with E-state index in [1.165, 1.54) is 0 Å². The Morgan fingerprint density at radius 2 is 1.71 bits per heavy atom. The smallest absolute Gasteiger partial charge is 0.455 e. The van der Waals surface area contributed by atoms with Crippen LogP contribution >= 0.6 is 0 Å². The van der Waals surface area contributed by atoms with Gasteiger partial charge in [0.05, 0.1) is 0 Å². The lowest BCUT2D eigenvalue weighted by atomic mass is 10.5. The maximum Gasteiger partial charge on any atom is 0.455 e. The van der Waals surface area contributed by atoms with Gasteiger partial charge in [0, 0.05) is 10.3 Å². The van der Waals surface area contributed by atoms with Crippen molar-refractivity contribution in [2.45, 2.75) is 0 Å². The molecule has 11 heteroatoms. The van der Waals surface area contributed by atoms with Gasteiger partial charge in [0.2, 0.25) is 6.54 Å². The van der Waals surface area contributed by atoms with Gasteiger partial charge in [-0.05, 0) is 4.94 Å². The third-order valence-electron chi connectivity index (χ3n) is 1.59. The Hall–Kier alpha value is -0.860. The van der Waals surface area contributed by atoms with Gasteiger partial charge in [0.15, 0.2) is 0 Å². The van der Waals surface area contributed by atoms with Gasteiger partial charge in [-0.15, -0.1) is 5.23 Å². The molecule has 4 N–H and O–H groups in total. The van der Waals surface area contributed by atoms with Crippen LogP contribution in [0.4, 0.5) is 0 Å². The van der Waals surface area contributed by atoms with Crippen molar-refractivity contribution in [1.82, 2.24) is 0 Å². The van der Waals surface area contributed by atoms with Gasteiger partial charge in [0.1, 0.15) is 0 Å². The number of hydrogen-bond acceptors (Lipinski definition) is 7. The van der Waals surface area contributed by atoms with E-state index in [4.69, 9.17) is 0 Å². The van der Waals surface area contributed by atoms with Crippen molar-refractivity contribution < 1.29 is 35.8 Å². The first kappa shape index (κ1) is 9.69. The van der Waals surface area contributed by atoms with Crippen LogP contribution in [0.1, 0.15) is 0 Å². The molecule has 14 heavy (non-hydrogen) atoms. The number of hydroxylamine groups is 6. The summed E-state index contributed by atoms with van der Waals surface area (Å²) < 4.78 is 0. The Morgan fingerprint density at radius 1 is 1.00 bits per heavy atom. The van der Waals surface area contributed by atoms with Crippen LogP contribution in [0.5, 0.6) is 0 Å². The quantitative estimate of drug-likeness (QED) is 0.291. The fraction of sp³-hybridized carbons (Fsp3) is 0.333. The van der Waals surface area contributed by atoms with Crippen LogP contribution in [0.15, 0.2) is 11.6 Å². The highest BCUT2D eigenvalue weighted by molar-refractivity contribution is 4.90. The minimum atomic E-state index is -1.22. The normalized spacial score (nSPS) is 48.3. The van der Waals surface area contributed by atoms with Crippen LogP contribution in [0, 0.1) is 20.8 Å². The SMILES string of the molecule is [O-][NH+]1C/C(=C2\O[NH+]([O-])O[NH+]2[O-])[NH+]([O-])O1. The molecular weight excluding hydrogens is 204 g/mol. The molecule has 0 spiro atoms. The van der Waals surface area contributed by atoms with Gasteiger partial charge < -0.3 is 20.8 Å². The molecule has 0 aromatic rings. The summed E-state index contributed by atoms with van der Waals surface area (Å²) >= 11 is 0. The highest BCUT2D eigenvalue weighted by Gasteiger charge is 2.43. The lowest BCUT2D eigenvalue weighted by Crippen LogP contribution is -3.17. The van der Waals surface area contributed by atoms with Crippen LogP contribution < -0.4 is 21.1 Å². The Balaban J connectivity index is 2.22. The summed E-state index contributed by atoms with van der Waals surface area (Å²) in [5, 5.41) is 38.8. The molecule has 0 aromatic carbocycles. The predicted octanol–water partition coefficient (Wildman–Crippen LogP) is -6.66. The van der Waals surface area contributed by atoms with E-state index in [0.717, 1.165) is 0 Å². The molecule has 4 unspecified atom stereocenters. The predicted molar refractivity (Wildman–Crippen MR) is 32.5 cm³/mol. The van der Waals surface area contributed by atoms with E-state index >= 15 is 0 Å². The van der Waals surface area contributed by atoms with Crippen molar-refractivity contribution in [3.05, 3.63) is 32.4 Å². The fourth-order valence-corrected chi connectivity index (χ4v) is 1.04. The second-order valence-electron chi connectivity index (χ2n) is 2.49. The monoisotopic (exact) mass is 210 g/mol. The number of hydrogen-bond donors (Lipinski definition) is 4. The van der Waals surface area contributed by atoms with Crippen LogP contribution in [-0.2, 0) is 14.7 Å². The molecule has 80 valence electrons. The van der Waals surface area contributed by atoms with Crippen molar-refractivity contribution in [3.63, 3.8) is 0 Å². The molecule has 0 aromatic heterocycles. The van der Waals surface area contributed by atoms with Crippen LogP contribution in [0.2, 0.25) is 0 Å². The first-order valence-corrected chi connectivity index (χ1v) is 3.50. The third kappa shape index (κ3) is 1.56. The summed E-state index contributed by atoms with van der Waals surface area (Å²) in [6.45, 7) is -0.392. The second kappa shape index (κ2) is 3.37. The Kier molecular flexibility index (Phi) is 2.33.